The van der Waals surface area contributed by atoms with Gasteiger partial charge < -0.3 is 0 Å². The first-order valence-corrected chi connectivity index (χ1v) is 15.8. The fraction of sp³-hybridized carbons (Fsp3) is 0. The van der Waals surface area contributed by atoms with Crippen molar-refractivity contribution in [2.75, 3.05) is 0 Å². The Bertz CT molecular complexity index is 2390. The molecular formula is C39H23NO2S. The molecule has 2 heterocycles. The van der Waals surface area contributed by atoms with Crippen molar-refractivity contribution < 1.29 is 8.42 Å². The third kappa shape index (κ3) is 3.30. The summed E-state index contributed by atoms with van der Waals surface area (Å²) >= 11 is 0. The smallest absolute Gasteiger partial charge is 0.208 e. The van der Waals surface area contributed by atoms with E-state index in [0.29, 0.717) is 21.0 Å². The summed E-state index contributed by atoms with van der Waals surface area (Å²) < 4.78 is 28.4. The third-order valence-electron chi connectivity index (χ3n) is 8.76. The molecule has 1 aliphatic carbocycles. The van der Waals surface area contributed by atoms with Crippen molar-refractivity contribution in [3.05, 3.63) is 140 Å². The van der Waals surface area contributed by atoms with E-state index in [1.807, 2.05) is 66.7 Å². The van der Waals surface area contributed by atoms with Gasteiger partial charge in [0, 0.05) is 38.9 Å². The molecule has 0 saturated carbocycles. The van der Waals surface area contributed by atoms with Gasteiger partial charge in [-0.2, -0.15) is 0 Å². The third-order valence-corrected chi connectivity index (χ3v) is 10.7. The van der Waals surface area contributed by atoms with E-state index in [0.717, 1.165) is 55.8 Å². The Morgan fingerprint density at radius 1 is 0.419 bits per heavy atom. The molecule has 0 amide bonds. The number of benzene rings is 6. The van der Waals surface area contributed by atoms with Crippen molar-refractivity contribution >= 4 is 20.6 Å². The molecule has 0 unspecified atom stereocenters. The molecule has 0 fully saturated rings. The minimum Gasteiger partial charge on any atom is -0.246 e. The van der Waals surface area contributed by atoms with Crippen molar-refractivity contribution in [3.8, 4) is 67.0 Å². The van der Waals surface area contributed by atoms with Crippen LogP contribution in [0.3, 0.4) is 0 Å². The Balaban J connectivity index is 1.49. The van der Waals surface area contributed by atoms with E-state index in [9.17, 15) is 8.42 Å². The van der Waals surface area contributed by atoms with Crippen LogP contribution in [0, 0.1) is 0 Å². The second-order valence-corrected chi connectivity index (χ2v) is 12.9. The Morgan fingerprint density at radius 3 is 1.72 bits per heavy atom. The summed E-state index contributed by atoms with van der Waals surface area (Å²) in [5.41, 5.74) is 11.0. The Morgan fingerprint density at radius 2 is 0.977 bits per heavy atom. The number of pyridine rings is 1. The second kappa shape index (κ2) is 8.84. The molecule has 3 nitrogen and oxygen atoms in total. The molecule has 202 valence electrons. The highest BCUT2D eigenvalue weighted by Gasteiger charge is 2.38. The van der Waals surface area contributed by atoms with Crippen molar-refractivity contribution in [2.24, 2.45) is 0 Å². The Hall–Kier alpha value is -5.32. The molecule has 7 aromatic rings. The van der Waals surface area contributed by atoms with Crippen LogP contribution in [0.25, 0.3) is 77.8 Å². The number of aromatic nitrogens is 1. The van der Waals surface area contributed by atoms with Crippen LogP contribution < -0.4 is 0 Å². The predicted octanol–water partition coefficient (Wildman–Crippen LogP) is 9.70. The van der Waals surface area contributed by atoms with Crippen LogP contribution in [0.1, 0.15) is 0 Å². The lowest BCUT2D eigenvalue weighted by Crippen LogP contribution is -2.03. The predicted molar refractivity (Wildman–Crippen MR) is 173 cm³/mol. The van der Waals surface area contributed by atoms with E-state index in [4.69, 9.17) is 4.98 Å². The molecule has 4 heteroatoms. The first-order valence-electron chi connectivity index (χ1n) is 14.3. The van der Waals surface area contributed by atoms with E-state index in [1.54, 1.807) is 12.1 Å². The minimum absolute atomic E-state index is 0.327. The zero-order valence-corrected chi connectivity index (χ0v) is 23.8. The molecule has 0 atom stereocenters. The van der Waals surface area contributed by atoms with Gasteiger partial charge in [-0.3, -0.25) is 0 Å². The maximum absolute atomic E-state index is 14.2. The number of rotatable bonds is 3. The van der Waals surface area contributed by atoms with Gasteiger partial charge in [0.1, 0.15) is 0 Å². The summed E-state index contributed by atoms with van der Waals surface area (Å²) in [5, 5.41) is 2.37. The van der Waals surface area contributed by atoms with Crippen molar-refractivity contribution in [1.82, 2.24) is 4.98 Å². The summed E-state index contributed by atoms with van der Waals surface area (Å²) in [6, 6.07) is 46.4. The molecule has 9 rings (SSSR count). The summed E-state index contributed by atoms with van der Waals surface area (Å²) in [6.07, 6.45) is 0. The van der Waals surface area contributed by atoms with E-state index >= 15 is 0 Å². The first kappa shape index (κ1) is 24.3. The van der Waals surface area contributed by atoms with E-state index < -0.39 is 9.84 Å². The average Bonchev–Trinajstić information content (AvgIpc) is 3.52. The van der Waals surface area contributed by atoms with Gasteiger partial charge in [-0.15, -0.1) is 0 Å². The zero-order chi connectivity index (χ0) is 28.7. The number of hydrogen-bond acceptors (Lipinski definition) is 3. The molecule has 0 N–H and O–H groups in total. The van der Waals surface area contributed by atoms with E-state index in [1.165, 1.54) is 10.8 Å². The Labute approximate surface area is 249 Å². The fourth-order valence-corrected chi connectivity index (χ4v) is 8.89. The standard InChI is InChI=1S/C39H23NO2S/c41-43(42)32-23-8-7-18-27(32)28-19-11-22-31(39(28)43)38-34(25-12-3-1-4-13-25)35-29-20-9-16-24-17-10-21-30(33(24)29)36(35)37(40-38)26-14-5-2-6-15-26/h1-23H. The van der Waals surface area contributed by atoms with Crippen LogP contribution in [0.5, 0.6) is 0 Å². The second-order valence-electron chi connectivity index (χ2n) is 11.1. The minimum atomic E-state index is -3.77. The molecule has 2 aliphatic rings. The van der Waals surface area contributed by atoms with Gasteiger partial charge in [-0.1, -0.05) is 133 Å². The number of hydrogen-bond donors (Lipinski definition) is 0. The normalized spacial score (nSPS) is 13.5. The number of nitrogens with zero attached hydrogens (tertiary/aromatic N) is 1. The van der Waals surface area contributed by atoms with Gasteiger partial charge in [0.05, 0.1) is 21.2 Å². The summed E-state index contributed by atoms with van der Waals surface area (Å²) in [5.74, 6) is 0. The molecule has 1 aliphatic heterocycles. The monoisotopic (exact) mass is 569 g/mol. The van der Waals surface area contributed by atoms with Crippen LogP contribution in [-0.2, 0) is 9.84 Å². The molecule has 0 spiro atoms. The highest BCUT2D eigenvalue weighted by Crippen LogP contribution is 2.57. The van der Waals surface area contributed by atoms with Gasteiger partial charge in [-0.05, 0) is 33.5 Å². The molecule has 43 heavy (non-hydrogen) atoms. The molecule has 1 aromatic heterocycles. The molecule has 6 aromatic carbocycles. The molecule has 0 radical (unpaired) electrons. The largest absolute Gasteiger partial charge is 0.246 e. The first-order chi connectivity index (χ1) is 21.1. The molecule has 0 bridgehead atoms. The zero-order valence-electron chi connectivity index (χ0n) is 23.0. The SMILES string of the molecule is O=S1(=O)c2ccccc2-c2cccc(-c3nc(-c4ccccc4)c4c(c3-c3ccccc3)-c3cccc5cccc-4c35)c21. The molecular weight excluding hydrogens is 547 g/mol. The quantitative estimate of drug-likeness (QED) is 0.213. The van der Waals surface area contributed by atoms with Crippen molar-refractivity contribution in [2.45, 2.75) is 9.79 Å². The summed E-state index contributed by atoms with van der Waals surface area (Å²) in [6.45, 7) is 0. The van der Waals surface area contributed by atoms with E-state index in [-0.39, 0.29) is 0 Å². The van der Waals surface area contributed by atoms with Crippen molar-refractivity contribution in [1.29, 1.82) is 0 Å². The summed E-state index contributed by atoms with van der Waals surface area (Å²) in [4.78, 5) is 6.15. The average molecular weight is 570 g/mol. The topological polar surface area (TPSA) is 47.0 Å². The van der Waals surface area contributed by atoms with Crippen LogP contribution >= 0.6 is 0 Å². The van der Waals surface area contributed by atoms with Gasteiger partial charge in [0.25, 0.3) is 0 Å². The molecule has 0 saturated heterocycles. The van der Waals surface area contributed by atoms with Crippen LogP contribution in [0.2, 0.25) is 0 Å². The number of sulfone groups is 1. The van der Waals surface area contributed by atoms with Crippen molar-refractivity contribution in [3.63, 3.8) is 0 Å². The highest BCUT2D eigenvalue weighted by atomic mass is 32.2. The Kier molecular flexibility index (Phi) is 4.99. The van der Waals surface area contributed by atoms with Gasteiger partial charge in [0.15, 0.2) is 0 Å². The lowest BCUT2D eigenvalue weighted by molar-refractivity contribution is 0.599. The maximum atomic E-state index is 14.2. The van der Waals surface area contributed by atoms with Gasteiger partial charge >= 0.3 is 0 Å². The lowest BCUT2D eigenvalue weighted by Gasteiger charge is -2.20. The highest BCUT2D eigenvalue weighted by molar-refractivity contribution is 7.92. The van der Waals surface area contributed by atoms with Crippen LogP contribution in [0.15, 0.2) is 149 Å². The van der Waals surface area contributed by atoms with Crippen LogP contribution in [-0.4, -0.2) is 13.4 Å². The van der Waals surface area contributed by atoms with E-state index in [2.05, 4.69) is 60.7 Å². The maximum Gasteiger partial charge on any atom is 0.208 e. The van der Waals surface area contributed by atoms with Crippen LogP contribution in [0.4, 0.5) is 0 Å². The van der Waals surface area contributed by atoms with Gasteiger partial charge in [0.2, 0.25) is 9.84 Å². The fourth-order valence-electron chi connectivity index (χ4n) is 7.02. The number of fused-ring (bicyclic) bond motifs is 6. The summed E-state index contributed by atoms with van der Waals surface area (Å²) in [7, 11) is -3.77. The van der Waals surface area contributed by atoms with Gasteiger partial charge in [-0.25, -0.2) is 13.4 Å². The lowest BCUT2D eigenvalue weighted by atomic mass is 9.87.